The van der Waals surface area contributed by atoms with Crippen molar-refractivity contribution < 1.29 is 19.4 Å². The first kappa shape index (κ1) is 19.6. The first-order chi connectivity index (χ1) is 13.5. The Morgan fingerprint density at radius 2 is 2.21 bits per heavy atom. The molecule has 3 N–H and O–H groups in total. The molecule has 1 saturated heterocycles. The zero-order valence-corrected chi connectivity index (χ0v) is 15.9. The Hall–Kier alpha value is -3.13. The minimum Gasteiger partial charge on any atom is -0.478 e. The molecule has 2 heterocycles. The molecule has 1 aromatic heterocycles. The van der Waals surface area contributed by atoms with E-state index in [9.17, 15) is 14.7 Å². The van der Waals surface area contributed by atoms with Gasteiger partial charge in [-0.25, -0.2) is 4.79 Å². The maximum absolute atomic E-state index is 11.2. The summed E-state index contributed by atoms with van der Waals surface area (Å²) in [4.78, 5) is 21.8. The number of aromatic carboxylic acids is 1. The molecule has 1 amide bonds. The number of anilines is 2. The highest BCUT2D eigenvalue weighted by molar-refractivity contribution is 5.90. The molecule has 3 rings (SSSR count). The Balaban J connectivity index is 1.93. The van der Waals surface area contributed by atoms with Crippen LogP contribution in [0.2, 0.25) is 0 Å². The third-order valence-corrected chi connectivity index (χ3v) is 4.80. The molecular formula is C20H24N4O4. The minimum absolute atomic E-state index is 0.120. The van der Waals surface area contributed by atoms with Crippen LogP contribution in [0.3, 0.4) is 0 Å². The lowest BCUT2D eigenvalue weighted by Gasteiger charge is -2.23. The van der Waals surface area contributed by atoms with Crippen molar-refractivity contribution in [2.75, 3.05) is 18.5 Å². The molecule has 0 radical (unpaired) electrons. The normalized spacial score (nSPS) is 16.9. The van der Waals surface area contributed by atoms with E-state index < -0.39 is 5.97 Å². The van der Waals surface area contributed by atoms with Crippen molar-refractivity contribution in [1.29, 1.82) is 0 Å². The summed E-state index contributed by atoms with van der Waals surface area (Å²) in [6, 6.07) is 5.21. The predicted molar refractivity (Wildman–Crippen MR) is 106 cm³/mol. The zero-order chi connectivity index (χ0) is 20.1. The van der Waals surface area contributed by atoms with Gasteiger partial charge in [-0.1, -0.05) is 0 Å². The summed E-state index contributed by atoms with van der Waals surface area (Å²) in [6.07, 6.45) is 5.94. The van der Waals surface area contributed by atoms with Crippen LogP contribution in [0.4, 0.5) is 11.5 Å². The van der Waals surface area contributed by atoms with Crippen molar-refractivity contribution in [3.8, 4) is 0 Å². The van der Waals surface area contributed by atoms with Gasteiger partial charge < -0.3 is 20.5 Å². The SMILES string of the molecule is Cc1cc(Nc2nn(C3CCCOC3)c(/C=C\NC=O)c2C)ccc1C(=O)O. The summed E-state index contributed by atoms with van der Waals surface area (Å²) in [7, 11) is 0. The summed E-state index contributed by atoms with van der Waals surface area (Å²) in [5.41, 5.74) is 3.51. The fourth-order valence-corrected chi connectivity index (χ4v) is 3.33. The monoisotopic (exact) mass is 384 g/mol. The maximum Gasteiger partial charge on any atom is 0.335 e. The average Bonchev–Trinajstić information content (AvgIpc) is 2.98. The molecule has 8 nitrogen and oxygen atoms in total. The van der Waals surface area contributed by atoms with Crippen LogP contribution in [0.5, 0.6) is 0 Å². The molecule has 1 unspecified atom stereocenters. The lowest BCUT2D eigenvalue weighted by Crippen LogP contribution is -2.23. The van der Waals surface area contributed by atoms with Crippen LogP contribution >= 0.6 is 0 Å². The summed E-state index contributed by atoms with van der Waals surface area (Å²) < 4.78 is 7.53. The van der Waals surface area contributed by atoms with Gasteiger partial charge in [0.15, 0.2) is 5.82 Å². The van der Waals surface area contributed by atoms with Gasteiger partial charge in [0.25, 0.3) is 0 Å². The van der Waals surface area contributed by atoms with Crippen LogP contribution in [0.1, 0.15) is 46.1 Å². The number of carbonyl (C=O) groups is 2. The molecule has 148 valence electrons. The van der Waals surface area contributed by atoms with Gasteiger partial charge >= 0.3 is 5.97 Å². The van der Waals surface area contributed by atoms with Crippen LogP contribution in [0, 0.1) is 13.8 Å². The van der Waals surface area contributed by atoms with Gasteiger partial charge in [-0.2, -0.15) is 5.10 Å². The number of carboxylic acid groups (broad SMARTS) is 1. The third kappa shape index (κ3) is 4.23. The number of carbonyl (C=O) groups excluding carboxylic acids is 1. The average molecular weight is 384 g/mol. The van der Waals surface area contributed by atoms with Gasteiger partial charge in [0.2, 0.25) is 6.41 Å². The van der Waals surface area contributed by atoms with E-state index in [4.69, 9.17) is 9.84 Å². The lowest BCUT2D eigenvalue weighted by molar-refractivity contribution is -0.108. The summed E-state index contributed by atoms with van der Waals surface area (Å²) >= 11 is 0. The van der Waals surface area contributed by atoms with E-state index in [-0.39, 0.29) is 11.6 Å². The van der Waals surface area contributed by atoms with Crippen LogP contribution < -0.4 is 10.6 Å². The van der Waals surface area contributed by atoms with Gasteiger partial charge in [-0.3, -0.25) is 9.48 Å². The zero-order valence-electron chi connectivity index (χ0n) is 15.9. The first-order valence-electron chi connectivity index (χ1n) is 9.15. The van der Waals surface area contributed by atoms with Crippen LogP contribution in [0.25, 0.3) is 6.08 Å². The minimum atomic E-state index is -0.947. The molecular weight excluding hydrogens is 360 g/mol. The standard InChI is InChI=1S/C20H24N4O4/c1-13-10-15(5-6-17(13)20(26)27)22-19-14(2)18(7-8-21-12-25)24(23-19)16-4-3-9-28-11-16/h5-8,10,12,16H,3-4,9,11H2,1-2H3,(H,21,25)(H,22,23)(H,26,27)/b8-7-. The van der Waals surface area contributed by atoms with Crippen LogP contribution in [0.15, 0.2) is 24.4 Å². The molecule has 8 heteroatoms. The number of hydrogen-bond donors (Lipinski definition) is 3. The molecule has 1 aromatic carbocycles. The Morgan fingerprint density at radius 1 is 1.39 bits per heavy atom. The summed E-state index contributed by atoms with van der Waals surface area (Å²) in [5.74, 6) is -0.268. The number of aryl methyl sites for hydroxylation is 1. The number of nitrogens with one attached hydrogen (secondary N) is 2. The molecule has 0 spiro atoms. The van der Waals surface area contributed by atoms with Crippen LogP contribution in [-0.4, -0.2) is 40.5 Å². The molecule has 0 bridgehead atoms. The second-order valence-corrected chi connectivity index (χ2v) is 6.75. The predicted octanol–water partition coefficient (Wildman–Crippen LogP) is 3.01. The van der Waals surface area contributed by atoms with Gasteiger partial charge in [0.1, 0.15) is 0 Å². The van der Waals surface area contributed by atoms with E-state index in [0.29, 0.717) is 24.4 Å². The maximum atomic E-state index is 11.2. The molecule has 1 aliphatic rings. The molecule has 1 atom stereocenters. The molecule has 1 fully saturated rings. The molecule has 1 aliphatic heterocycles. The van der Waals surface area contributed by atoms with Crippen LogP contribution in [-0.2, 0) is 9.53 Å². The summed E-state index contributed by atoms with van der Waals surface area (Å²) in [5, 5.41) is 19.7. The second-order valence-electron chi connectivity index (χ2n) is 6.75. The molecule has 28 heavy (non-hydrogen) atoms. The van der Waals surface area contributed by atoms with Crippen molar-refractivity contribution >= 4 is 30.0 Å². The van der Waals surface area contributed by atoms with E-state index in [1.54, 1.807) is 31.3 Å². The highest BCUT2D eigenvalue weighted by Gasteiger charge is 2.22. The Morgan fingerprint density at radius 3 is 2.86 bits per heavy atom. The van der Waals surface area contributed by atoms with Gasteiger partial charge in [0.05, 0.1) is 23.9 Å². The number of amides is 1. The third-order valence-electron chi connectivity index (χ3n) is 4.80. The largest absolute Gasteiger partial charge is 0.478 e. The number of aromatic nitrogens is 2. The highest BCUT2D eigenvalue weighted by Crippen LogP contribution is 2.29. The Labute approximate surface area is 163 Å². The highest BCUT2D eigenvalue weighted by atomic mass is 16.5. The number of benzene rings is 1. The quantitative estimate of drug-likeness (QED) is 0.634. The van der Waals surface area contributed by atoms with Crippen molar-refractivity contribution in [2.45, 2.75) is 32.7 Å². The van der Waals surface area contributed by atoms with Crippen molar-refractivity contribution in [1.82, 2.24) is 15.1 Å². The van der Waals surface area contributed by atoms with Crippen molar-refractivity contribution in [2.24, 2.45) is 0 Å². The fourth-order valence-electron chi connectivity index (χ4n) is 3.33. The Bertz CT molecular complexity index is 898. The summed E-state index contributed by atoms with van der Waals surface area (Å²) in [6.45, 7) is 5.07. The van der Waals surface area contributed by atoms with Gasteiger partial charge in [0, 0.05) is 24.1 Å². The van der Waals surface area contributed by atoms with Gasteiger partial charge in [-0.15, -0.1) is 0 Å². The van der Waals surface area contributed by atoms with E-state index in [2.05, 4.69) is 10.6 Å². The van der Waals surface area contributed by atoms with Crippen molar-refractivity contribution in [3.05, 3.63) is 46.8 Å². The second kappa shape index (κ2) is 8.71. The number of rotatable bonds is 7. The van der Waals surface area contributed by atoms with E-state index in [1.807, 2.05) is 17.7 Å². The molecule has 0 aliphatic carbocycles. The number of carboxylic acids is 1. The first-order valence-corrected chi connectivity index (χ1v) is 9.15. The number of nitrogens with zero attached hydrogens (tertiary/aromatic N) is 2. The smallest absolute Gasteiger partial charge is 0.335 e. The van der Waals surface area contributed by atoms with Crippen molar-refractivity contribution in [3.63, 3.8) is 0 Å². The van der Waals surface area contributed by atoms with E-state index in [0.717, 1.165) is 36.4 Å². The lowest BCUT2D eigenvalue weighted by atomic mass is 10.1. The topological polar surface area (TPSA) is 105 Å². The Kier molecular flexibility index (Phi) is 6.10. The molecule has 2 aromatic rings. The molecule has 0 saturated carbocycles. The number of ether oxygens (including phenoxy) is 1. The van der Waals surface area contributed by atoms with Gasteiger partial charge in [-0.05, 0) is 56.5 Å². The fraction of sp³-hybridized carbons (Fsp3) is 0.350. The van der Waals surface area contributed by atoms with E-state index >= 15 is 0 Å². The van der Waals surface area contributed by atoms with E-state index in [1.165, 1.54) is 0 Å². The number of hydrogen-bond acceptors (Lipinski definition) is 5.